The normalized spacial score (nSPS) is 25.6. The zero-order chi connectivity index (χ0) is 11.5. The van der Waals surface area contributed by atoms with Crippen molar-refractivity contribution in [3.05, 3.63) is 35.9 Å². The van der Waals surface area contributed by atoms with E-state index in [9.17, 15) is 4.79 Å². The minimum atomic E-state index is -0.626. The van der Waals surface area contributed by atoms with Gasteiger partial charge in [0.15, 0.2) is 0 Å². The molecule has 0 aromatic heterocycles. The number of amides is 1. The van der Waals surface area contributed by atoms with Crippen molar-refractivity contribution in [3.8, 4) is 0 Å². The number of nitrogens with one attached hydrogen (secondary N) is 1. The Balaban J connectivity index is 1.90. The molecular weight excluding hydrogens is 204 g/mol. The number of benzene rings is 1. The van der Waals surface area contributed by atoms with Crippen LogP contribution in [0.3, 0.4) is 0 Å². The molecule has 1 aromatic rings. The quantitative estimate of drug-likeness (QED) is 0.687. The van der Waals surface area contributed by atoms with Crippen LogP contribution in [0.5, 0.6) is 0 Å². The summed E-state index contributed by atoms with van der Waals surface area (Å²) in [6.07, 6.45) is 0.999. The van der Waals surface area contributed by atoms with E-state index in [-0.39, 0.29) is 18.1 Å². The van der Waals surface area contributed by atoms with Crippen molar-refractivity contribution in [3.63, 3.8) is 0 Å². The molecule has 4 N–H and O–H groups in total. The van der Waals surface area contributed by atoms with E-state index < -0.39 is 6.04 Å². The van der Waals surface area contributed by atoms with Crippen molar-refractivity contribution in [2.75, 3.05) is 0 Å². The first-order valence-electron chi connectivity index (χ1n) is 5.46. The van der Waals surface area contributed by atoms with Gasteiger partial charge in [-0.1, -0.05) is 30.3 Å². The molecule has 0 spiro atoms. The largest absolute Gasteiger partial charge is 0.393 e. The molecule has 1 unspecified atom stereocenters. The second-order valence-electron chi connectivity index (χ2n) is 4.22. The van der Waals surface area contributed by atoms with Crippen molar-refractivity contribution in [2.45, 2.75) is 31.0 Å². The first-order valence-corrected chi connectivity index (χ1v) is 5.46. The van der Waals surface area contributed by atoms with E-state index in [0.29, 0.717) is 12.8 Å². The molecule has 4 nitrogen and oxygen atoms in total. The molecule has 1 aliphatic rings. The van der Waals surface area contributed by atoms with E-state index in [2.05, 4.69) is 5.32 Å². The number of aliphatic hydroxyl groups is 1. The minimum Gasteiger partial charge on any atom is -0.393 e. The van der Waals surface area contributed by atoms with Gasteiger partial charge in [0.05, 0.1) is 6.10 Å². The van der Waals surface area contributed by atoms with Gasteiger partial charge in [0.1, 0.15) is 6.04 Å². The van der Waals surface area contributed by atoms with Crippen LogP contribution < -0.4 is 11.1 Å². The number of carbonyl (C=O) groups excluding carboxylic acids is 1. The third kappa shape index (κ3) is 2.40. The molecule has 4 heteroatoms. The standard InChI is InChI=1S/C12H16N2O2/c13-11(8-4-2-1-3-5-8)12(16)14-9-6-10(15)7-9/h1-5,9-11,15H,6-7,13H2,(H,14,16). The fourth-order valence-corrected chi connectivity index (χ4v) is 1.81. The van der Waals surface area contributed by atoms with Crippen LogP contribution in [0.15, 0.2) is 30.3 Å². The second-order valence-corrected chi connectivity index (χ2v) is 4.22. The summed E-state index contributed by atoms with van der Waals surface area (Å²) < 4.78 is 0. The number of rotatable bonds is 3. The highest BCUT2D eigenvalue weighted by Gasteiger charge is 2.29. The molecular formula is C12H16N2O2. The number of hydrogen-bond acceptors (Lipinski definition) is 3. The van der Waals surface area contributed by atoms with Crippen LogP contribution in [0.25, 0.3) is 0 Å². The van der Waals surface area contributed by atoms with E-state index in [0.717, 1.165) is 5.56 Å². The minimum absolute atomic E-state index is 0.0808. The van der Waals surface area contributed by atoms with Crippen LogP contribution in [0.4, 0.5) is 0 Å². The molecule has 1 amide bonds. The van der Waals surface area contributed by atoms with Crippen molar-refractivity contribution in [1.29, 1.82) is 0 Å². The van der Waals surface area contributed by atoms with Gasteiger partial charge in [-0.2, -0.15) is 0 Å². The molecule has 1 aromatic carbocycles. The molecule has 1 aliphatic carbocycles. The average Bonchev–Trinajstić information content (AvgIpc) is 2.27. The van der Waals surface area contributed by atoms with Crippen molar-refractivity contribution >= 4 is 5.91 Å². The van der Waals surface area contributed by atoms with Gasteiger partial charge in [-0.25, -0.2) is 0 Å². The summed E-state index contributed by atoms with van der Waals surface area (Å²) in [6.45, 7) is 0. The van der Waals surface area contributed by atoms with Crippen LogP contribution in [0, 0.1) is 0 Å². The van der Waals surface area contributed by atoms with Crippen LogP contribution >= 0.6 is 0 Å². The number of carbonyl (C=O) groups is 1. The maximum Gasteiger partial charge on any atom is 0.241 e. The zero-order valence-electron chi connectivity index (χ0n) is 8.97. The van der Waals surface area contributed by atoms with E-state index in [1.54, 1.807) is 0 Å². The summed E-state index contributed by atoms with van der Waals surface area (Å²) in [7, 11) is 0. The van der Waals surface area contributed by atoms with Gasteiger partial charge in [-0.05, 0) is 18.4 Å². The van der Waals surface area contributed by atoms with Crippen LogP contribution in [0.1, 0.15) is 24.4 Å². The number of hydrogen-bond donors (Lipinski definition) is 3. The lowest BCUT2D eigenvalue weighted by molar-refractivity contribution is -0.124. The summed E-state index contributed by atoms with van der Waals surface area (Å²) in [5.41, 5.74) is 6.63. The van der Waals surface area contributed by atoms with Crippen molar-refractivity contribution in [2.24, 2.45) is 5.73 Å². The third-order valence-corrected chi connectivity index (χ3v) is 2.90. The SMILES string of the molecule is NC(C(=O)NC1CC(O)C1)c1ccccc1. The van der Waals surface area contributed by atoms with Gasteiger partial charge in [-0.15, -0.1) is 0 Å². The fourth-order valence-electron chi connectivity index (χ4n) is 1.81. The molecule has 1 atom stereocenters. The Labute approximate surface area is 94.5 Å². The molecule has 0 bridgehead atoms. The van der Waals surface area contributed by atoms with Gasteiger partial charge in [0.25, 0.3) is 0 Å². The molecule has 1 saturated carbocycles. The highest BCUT2D eigenvalue weighted by molar-refractivity contribution is 5.83. The Kier molecular flexibility index (Phi) is 3.22. The van der Waals surface area contributed by atoms with E-state index in [1.807, 2.05) is 30.3 Å². The summed E-state index contributed by atoms with van der Waals surface area (Å²) in [5.74, 6) is -0.178. The Hall–Kier alpha value is -1.39. The Bertz CT molecular complexity index is 361. The van der Waals surface area contributed by atoms with Crippen LogP contribution in [-0.2, 0) is 4.79 Å². The highest BCUT2D eigenvalue weighted by atomic mass is 16.3. The molecule has 0 saturated heterocycles. The van der Waals surface area contributed by atoms with Gasteiger partial charge >= 0.3 is 0 Å². The topological polar surface area (TPSA) is 75.4 Å². The van der Waals surface area contributed by atoms with Crippen LogP contribution in [0.2, 0.25) is 0 Å². The number of nitrogens with two attached hydrogens (primary N) is 1. The summed E-state index contributed by atoms with van der Waals surface area (Å²) >= 11 is 0. The van der Waals surface area contributed by atoms with Gasteiger partial charge in [0.2, 0.25) is 5.91 Å². The fraction of sp³-hybridized carbons (Fsp3) is 0.417. The van der Waals surface area contributed by atoms with E-state index in [4.69, 9.17) is 10.8 Å². The molecule has 86 valence electrons. The molecule has 16 heavy (non-hydrogen) atoms. The lowest BCUT2D eigenvalue weighted by Crippen LogP contribution is -2.49. The molecule has 0 aliphatic heterocycles. The summed E-state index contributed by atoms with van der Waals surface area (Å²) in [4.78, 5) is 11.7. The van der Waals surface area contributed by atoms with E-state index in [1.165, 1.54) is 0 Å². The molecule has 2 rings (SSSR count). The molecule has 0 heterocycles. The Morgan fingerprint density at radius 1 is 1.38 bits per heavy atom. The lowest BCUT2D eigenvalue weighted by Gasteiger charge is -2.32. The monoisotopic (exact) mass is 220 g/mol. The number of aliphatic hydroxyl groups excluding tert-OH is 1. The smallest absolute Gasteiger partial charge is 0.241 e. The predicted octanol–water partition coefficient (Wildman–Crippen LogP) is 0.326. The highest BCUT2D eigenvalue weighted by Crippen LogP contribution is 2.20. The Morgan fingerprint density at radius 2 is 2.00 bits per heavy atom. The molecule has 0 radical (unpaired) electrons. The first-order chi connectivity index (χ1) is 7.66. The molecule has 1 fully saturated rings. The first kappa shape index (κ1) is 11.1. The maximum atomic E-state index is 11.7. The van der Waals surface area contributed by atoms with Crippen molar-refractivity contribution < 1.29 is 9.90 Å². The van der Waals surface area contributed by atoms with Crippen LogP contribution in [-0.4, -0.2) is 23.2 Å². The van der Waals surface area contributed by atoms with E-state index >= 15 is 0 Å². The zero-order valence-corrected chi connectivity index (χ0v) is 8.97. The van der Waals surface area contributed by atoms with Gasteiger partial charge in [0, 0.05) is 6.04 Å². The second kappa shape index (κ2) is 4.63. The van der Waals surface area contributed by atoms with Crippen molar-refractivity contribution in [1.82, 2.24) is 5.32 Å². The summed E-state index contributed by atoms with van der Waals surface area (Å²) in [6, 6.07) is 8.72. The Morgan fingerprint density at radius 3 is 2.56 bits per heavy atom. The van der Waals surface area contributed by atoms with Gasteiger partial charge in [-0.3, -0.25) is 4.79 Å². The van der Waals surface area contributed by atoms with Gasteiger partial charge < -0.3 is 16.2 Å². The lowest BCUT2D eigenvalue weighted by atomic mass is 9.89. The maximum absolute atomic E-state index is 11.7. The predicted molar refractivity (Wildman–Crippen MR) is 60.5 cm³/mol. The summed E-state index contributed by atoms with van der Waals surface area (Å²) in [5, 5.41) is 11.9. The third-order valence-electron chi connectivity index (χ3n) is 2.90. The average molecular weight is 220 g/mol.